The van der Waals surface area contributed by atoms with Crippen LogP contribution in [0.15, 0.2) is 30.7 Å². The highest BCUT2D eigenvalue weighted by molar-refractivity contribution is 5.93. The van der Waals surface area contributed by atoms with Gasteiger partial charge >= 0.3 is 0 Å². The fourth-order valence-corrected chi connectivity index (χ4v) is 6.25. The maximum atomic E-state index is 13.2. The monoisotopic (exact) mass is 409 g/mol. The Morgan fingerprint density at radius 3 is 2.17 bits per heavy atom. The van der Waals surface area contributed by atoms with E-state index in [1.807, 2.05) is 6.92 Å². The summed E-state index contributed by atoms with van der Waals surface area (Å²) in [6.07, 6.45) is 9.62. The Morgan fingerprint density at radius 1 is 0.967 bits per heavy atom. The minimum absolute atomic E-state index is 0.209. The number of carbonyl (C=O) groups excluding carboxylic acids is 2. The molecule has 4 aliphatic carbocycles. The molecular weight excluding hydrogens is 385 g/mol. The van der Waals surface area contributed by atoms with Gasteiger partial charge in [0.15, 0.2) is 0 Å². The molecule has 30 heavy (non-hydrogen) atoms. The smallest absolute Gasteiger partial charge is 0.271 e. The summed E-state index contributed by atoms with van der Waals surface area (Å²) in [7, 11) is 0. The van der Waals surface area contributed by atoms with E-state index in [1.165, 1.54) is 18.3 Å². The topological polar surface area (TPSA) is 96.9 Å². The van der Waals surface area contributed by atoms with Crippen LogP contribution in [0.3, 0.4) is 0 Å². The van der Waals surface area contributed by atoms with Gasteiger partial charge in [0.05, 0.1) is 18.1 Å². The zero-order valence-corrected chi connectivity index (χ0v) is 16.8. The van der Waals surface area contributed by atoms with Crippen molar-refractivity contribution in [2.75, 3.05) is 0 Å². The Labute approximate surface area is 173 Å². The lowest BCUT2D eigenvalue weighted by Crippen LogP contribution is -2.70. The number of aryl methyl sites for hydroxylation is 1. The molecule has 7 nitrogen and oxygen atoms in total. The van der Waals surface area contributed by atoms with Crippen molar-refractivity contribution in [1.29, 1.82) is 0 Å². The molecule has 2 unspecified atom stereocenters. The first-order valence-corrected chi connectivity index (χ1v) is 10.4. The van der Waals surface area contributed by atoms with Crippen LogP contribution in [-0.4, -0.2) is 37.8 Å². The highest BCUT2D eigenvalue weighted by Gasteiger charge is 2.58. The predicted octanol–water partition coefficient (Wildman–Crippen LogP) is 2.57. The highest BCUT2D eigenvalue weighted by Crippen LogP contribution is 2.57. The predicted molar refractivity (Wildman–Crippen MR) is 106 cm³/mol. The molecule has 8 heteroatoms. The Bertz CT molecular complexity index is 995. The van der Waals surface area contributed by atoms with Gasteiger partial charge in [0.1, 0.15) is 17.2 Å². The molecule has 0 radical (unpaired) electrons. The summed E-state index contributed by atoms with van der Waals surface area (Å²) < 4.78 is 13.2. The van der Waals surface area contributed by atoms with E-state index in [-0.39, 0.29) is 28.6 Å². The lowest BCUT2D eigenvalue weighted by Gasteiger charge is -2.62. The summed E-state index contributed by atoms with van der Waals surface area (Å²) in [5.41, 5.74) is 0.502. The van der Waals surface area contributed by atoms with E-state index in [0.717, 1.165) is 38.3 Å². The second-order valence-corrected chi connectivity index (χ2v) is 9.34. The zero-order chi connectivity index (χ0) is 20.9. The zero-order valence-electron chi connectivity index (χ0n) is 16.8. The van der Waals surface area contributed by atoms with Crippen molar-refractivity contribution in [2.45, 2.75) is 56.5 Å². The Morgan fingerprint density at radius 2 is 1.60 bits per heavy atom. The number of nitrogens with zero attached hydrogens (tertiary/aromatic N) is 3. The molecule has 4 aliphatic rings. The molecular formula is C22H24FN5O2. The van der Waals surface area contributed by atoms with Crippen LogP contribution >= 0.6 is 0 Å². The number of amides is 2. The van der Waals surface area contributed by atoms with Crippen LogP contribution in [0.1, 0.15) is 65.2 Å². The van der Waals surface area contributed by atoms with Crippen molar-refractivity contribution in [2.24, 2.45) is 11.8 Å². The fourth-order valence-electron chi connectivity index (χ4n) is 6.25. The number of nitrogens with one attached hydrogen (secondary N) is 2. The Balaban J connectivity index is 1.37. The summed E-state index contributed by atoms with van der Waals surface area (Å²) >= 11 is 0. The van der Waals surface area contributed by atoms with Crippen LogP contribution in [0, 0.1) is 24.6 Å². The molecule has 2 atom stereocenters. The van der Waals surface area contributed by atoms with Gasteiger partial charge in [-0.1, -0.05) is 0 Å². The molecule has 2 aromatic heterocycles. The molecule has 4 fully saturated rings. The molecule has 2 N–H and O–H groups in total. The second kappa shape index (κ2) is 6.82. The summed E-state index contributed by atoms with van der Waals surface area (Å²) in [5.74, 6) is -0.0617. The van der Waals surface area contributed by atoms with Crippen molar-refractivity contribution in [1.82, 2.24) is 25.6 Å². The molecule has 4 bridgehead atoms. The van der Waals surface area contributed by atoms with Crippen LogP contribution in [0.2, 0.25) is 0 Å². The average molecular weight is 409 g/mol. The molecule has 0 saturated heterocycles. The molecule has 0 aromatic carbocycles. The molecule has 156 valence electrons. The minimum Gasteiger partial charge on any atom is -0.345 e. The Hall–Kier alpha value is -2.90. The molecule has 4 saturated carbocycles. The average Bonchev–Trinajstić information content (AvgIpc) is 2.66. The molecule has 2 heterocycles. The van der Waals surface area contributed by atoms with Gasteiger partial charge in [-0.15, -0.1) is 0 Å². The lowest BCUT2D eigenvalue weighted by molar-refractivity contribution is -0.0449. The number of hydrogen-bond acceptors (Lipinski definition) is 5. The van der Waals surface area contributed by atoms with Crippen molar-refractivity contribution in [3.05, 3.63) is 53.6 Å². The largest absolute Gasteiger partial charge is 0.345 e. The van der Waals surface area contributed by atoms with Crippen LogP contribution in [0.5, 0.6) is 0 Å². The van der Waals surface area contributed by atoms with Gasteiger partial charge in [-0.2, -0.15) is 0 Å². The van der Waals surface area contributed by atoms with Crippen LogP contribution in [0.4, 0.5) is 4.39 Å². The minimum atomic E-state index is -0.470. The quantitative estimate of drug-likeness (QED) is 0.809. The SMILES string of the molecule is Cc1cncc(C(=O)NC23CC4CC(CC(NC(=O)c5ccc(F)cn5)(C4)C2)C3)n1. The van der Waals surface area contributed by atoms with Gasteiger partial charge in [-0.05, 0) is 69.4 Å². The highest BCUT2D eigenvalue weighted by atomic mass is 19.1. The summed E-state index contributed by atoms with van der Waals surface area (Å²) in [6, 6.07) is 2.64. The third kappa shape index (κ3) is 3.44. The molecule has 2 aromatic rings. The van der Waals surface area contributed by atoms with E-state index >= 15 is 0 Å². The molecule has 0 spiro atoms. The van der Waals surface area contributed by atoms with Crippen LogP contribution < -0.4 is 10.6 Å². The maximum Gasteiger partial charge on any atom is 0.271 e. The van der Waals surface area contributed by atoms with Crippen LogP contribution in [0.25, 0.3) is 0 Å². The van der Waals surface area contributed by atoms with Gasteiger partial charge in [0.2, 0.25) is 0 Å². The van der Waals surface area contributed by atoms with E-state index < -0.39 is 5.82 Å². The summed E-state index contributed by atoms with van der Waals surface area (Å²) in [4.78, 5) is 38.0. The number of rotatable bonds is 4. The van der Waals surface area contributed by atoms with Gasteiger partial charge in [-0.3, -0.25) is 14.6 Å². The van der Waals surface area contributed by atoms with Gasteiger partial charge < -0.3 is 10.6 Å². The first kappa shape index (κ1) is 19.1. The molecule has 2 amide bonds. The third-order valence-electron chi connectivity index (χ3n) is 6.77. The third-order valence-corrected chi connectivity index (χ3v) is 6.77. The van der Waals surface area contributed by atoms with Crippen molar-refractivity contribution >= 4 is 11.8 Å². The van der Waals surface area contributed by atoms with E-state index in [4.69, 9.17) is 0 Å². The molecule has 0 aliphatic heterocycles. The number of pyridine rings is 1. The lowest BCUT2D eigenvalue weighted by atomic mass is 9.49. The number of halogens is 1. The van der Waals surface area contributed by atoms with Gasteiger partial charge in [-0.25, -0.2) is 14.4 Å². The van der Waals surface area contributed by atoms with Crippen molar-refractivity contribution in [3.63, 3.8) is 0 Å². The number of carbonyl (C=O) groups is 2. The summed E-state index contributed by atoms with van der Waals surface area (Å²) in [5, 5.41) is 6.46. The van der Waals surface area contributed by atoms with E-state index in [9.17, 15) is 14.0 Å². The van der Waals surface area contributed by atoms with E-state index in [1.54, 1.807) is 6.20 Å². The van der Waals surface area contributed by atoms with Crippen LogP contribution in [-0.2, 0) is 0 Å². The number of hydrogen-bond donors (Lipinski definition) is 2. The van der Waals surface area contributed by atoms with Gasteiger partial charge in [0.25, 0.3) is 11.8 Å². The first-order chi connectivity index (χ1) is 14.3. The fraction of sp³-hybridized carbons (Fsp3) is 0.500. The van der Waals surface area contributed by atoms with E-state index in [0.29, 0.717) is 29.6 Å². The van der Waals surface area contributed by atoms with Gasteiger partial charge in [0, 0.05) is 17.3 Å². The summed E-state index contributed by atoms with van der Waals surface area (Å²) in [6.45, 7) is 1.81. The standard InChI is InChI=1S/C22H24FN5O2/c1-13-9-24-11-18(26-13)20(30)28-22-7-14-4-15(8-22)6-21(5-14,12-22)27-19(29)17-3-2-16(23)10-25-17/h2-3,9-11,14-15H,4-8,12H2,1H3,(H,27,29)(H,28,30). The van der Waals surface area contributed by atoms with E-state index in [2.05, 4.69) is 25.6 Å². The number of aromatic nitrogens is 3. The normalized spacial score (nSPS) is 31.4. The second-order valence-electron chi connectivity index (χ2n) is 9.34. The first-order valence-electron chi connectivity index (χ1n) is 10.4. The Kier molecular flexibility index (Phi) is 4.34. The maximum absolute atomic E-state index is 13.2. The van der Waals surface area contributed by atoms with Crippen molar-refractivity contribution < 1.29 is 14.0 Å². The molecule has 6 rings (SSSR count). The van der Waals surface area contributed by atoms with Crippen molar-refractivity contribution in [3.8, 4) is 0 Å².